The first-order chi connectivity index (χ1) is 8.19. The molecule has 0 bridgehead atoms. The van der Waals surface area contributed by atoms with Crippen LogP contribution in [-0.4, -0.2) is 61.0 Å². The molecule has 0 aromatic carbocycles. The third kappa shape index (κ3) is 4.22. The van der Waals surface area contributed by atoms with Crippen molar-refractivity contribution in [2.45, 2.75) is 19.8 Å². The third-order valence-corrected chi connectivity index (χ3v) is 2.84. The Labute approximate surface area is 102 Å². The summed E-state index contributed by atoms with van der Waals surface area (Å²) in [5.41, 5.74) is 5.37. The number of piperazine rings is 1. The van der Waals surface area contributed by atoms with Crippen LogP contribution in [0.2, 0.25) is 0 Å². The van der Waals surface area contributed by atoms with E-state index in [0.717, 1.165) is 6.42 Å². The Morgan fingerprint density at radius 3 is 2.29 bits per heavy atom. The van der Waals surface area contributed by atoms with Crippen LogP contribution >= 0.6 is 0 Å². The molecule has 0 saturated carbocycles. The van der Waals surface area contributed by atoms with E-state index in [1.165, 1.54) is 0 Å². The van der Waals surface area contributed by atoms with Gasteiger partial charge in [0.1, 0.15) is 0 Å². The maximum atomic E-state index is 11.7. The molecule has 1 rings (SSSR count). The fourth-order valence-corrected chi connectivity index (χ4v) is 1.83. The quantitative estimate of drug-likeness (QED) is 0.704. The minimum absolute atomic E-state index is 0.0402. The second kappa shape index (κ2) is 7.11. The number of nitrogens with two attached hydrogens (primary N) is 1. The number of urea groups is 1. The number of nitrogens with one attached hydrogen (secondary N) is 1. The van der Waals surface area contributed by atoms with Gasteiger partial charge in [0, 0.05) is 39.1 Å². The maximum absolute atomic E-state index is 11.7. The standard InChI is InChI=1S/C11H22N4O2/c1-2-13-11(17)15-8-6-14(7-9-15)10(16)4-3-5-12/h2-9,12H2,1H3,(H,13,17). The predicted molar refractivity (Wildman–Crippen MR) is 65.5 cm³/mol. The number of nitrogens with zero attached hydrogens (tertiary/aromatic N) is 2. The van der Waals surface area contributed by atoms with Crippen LogP contribution in [0.4, 0.5) is 4.79 Å². The molecule has 6 heteroatoms. The first kappa shape index (κ1) is 13.8. The van der Waals surface area contributed by atoms with E-state index in [9.17, 15) is 9.59 Å². The molecule has 1 saturated heterocycles. The molecule has 98 valence electrons. The maximum Gasteiger partial charge on any atom is 0.317 e. The van der Waals surface area contributed by atoms with E-state index < -0.39 is 0 Å². The van der Waals surface area contributed by atoms with Crippen LogP contribution < -0.4 is 11.1 Å². The molecule has 1 aliphatic heterocycles. The van der Waals surface area contributed by atoms with Crippen molar-refractivity contribution in [3.05, 3.63) is 0 Å². The largest absolute Gasteiger partial charge is 0.339 e. The van der Waals surface area contributed by atoms with Crippen molar-refractivity contribution in [1.29, 1.82) is 0 Å². The van der Waals surface area contributed by atoms with E-state index >= 15 is 0 Å². The highest BCUT2D eigenvalue weighted by Crippen LogP contribution is 2.05. The van der Waals surface area contributed by atoms with Gasteiger partial charge in [0.05, 0.1) is 0 Å². The summed E-state index contributed by atoms with van der Waals surface area (Å²) in [6, 6.07) is -0.0402. The van der Waals surface area contributed by atoms with Gasteiger partial charge in [-0.15, -0.1) is 0 Å². The van der Waals surface area contributed by atoms with Crippen molar-refractivity contribution in [3.63, 3.8) is 0 Å². The van der Waals surface area contributed by atoms with Gasteiger partial charge in [-0.1, -0.05) is 0 Å². The minimum atomic E-state index is -0.0402. The lowest BCUT2D eigenvalue weighted by atomic mass is 10.2. The van der Waals surface area contributed by atoms with Gasteiger partial charge in [-0.05, 0) is 19.9 Å². The molecule has 3 amide bonds. The van der Waals surface area contributed by atoms with Gasteiger partial charge in [-0.25, -0.2) is 4.79 Å². The van der Waals surface area contributed by atoms with E-state index in [1.54, 1.807) is 4.90 Å². The molecule has 0 aromatic heterocycles. The van der Waals surface area contributed by atoms with Crippen molar-refractivity contribution in [3.8, 4) is 0 Å². The molecular weight excluding hydrogens is 220 g/mol. The van der Waals surface area contributed by atoms with Gasteiger partial charge >= 0.3 is 6.03 Å². The van der Waals surface area contributed by atoms with Gasteiger partial charge in [-0.2, -0.15) is 0 Å². The Hall–Kier alpha value is -1.30. The summed E-state index contributed by atoms with van der Waals surface area (Å²) in [7, 11) is 0. The predicted octanol–water partition coefficient (Wildman–Crippen LogP) is -0.401. The highest BCUT2D eigenvalue weighted by Gasteiger charge is 2.23. The molecule has 0 radical (unpaired) electrons. The summed E-state index contributed by atoms with van der Waals surface area (Å²) in [6.07, 6.45) is 1.24. The highest BCUT2D eigenvalue weighted by molar-refractivity contribution is 5.77. The number of carbonyl (C=O) groups excluding carboxylic acids is 2. The lowest BCUT2D eigenvalue weighted by molar-refractivity contribution is -0.132. The molecule has 0 aliphatic carbocycles. The summed E-state index contributed by atoms with van der Waals surface area (Å²) in [4.78, 5) is 26.8. The number of rotatable bonds is 4. The number of amides is 3. The normalized spacial score (nSPS) is 15.9. The Bertz CT molecular complexity index is 262. The average Bonchev–Trinajstić information content (AvgIpc) is 2.36. The molecule has 3 N–H and O–H groups in total. The first-order valence-electron chi connectivity index (χ1n) is 6.19. The van der Waals surface area contributed by atoms with Crippen LogP contribution in [0.5, 0.6) is 0 Å². The zero-order valence-electron chi connectivity index (χ0n) is 10.4. The molecule has 1 heterocycles. The van der Waals surface area contributed by atoms with Gasteiger partial charge in [-0.3, -0.25) is 4.79 Å². The topological polar surface area (TPSA) is 78.7 Å². The van der Waals surface area contributed by atoms with Gasteiger partial charge in [0.25, 0.3) is 0 Å². The smallest absolute Gasteiger partial charge is 0.317 e. The summed E-state index contributed by atoms with van der Waals surface area (Å²) >= 11 is 0. The van der Waals surface area contributed by atoms with Gasteiger partial charge in [0.2, 0.25) is 5.91 Å². The summed E-state index contributed by atoms with van der Waals surface area (Å²) in [5.74, 6) is 0.144. The van der Waals surface area contributed by atoms with E-state index in [2.05, 4.69) is 5.32 Å². The zero-order chi connectivity index (χ0) is 12.7. The molecule has 1 fully saturated rings. The molecule has 0 aromatic rings. The summed E-state index contributed by atoms with van der Waals surface area (Å²) < 4.78 is 0. The Kier molecular flexibility index (Phi) is 5.76. The van der Waals surface area contributed by atoms with Gasteiger partial charge in [0.15, 0.2) is 0 Å². The summed E-state index contributed by atoms with van der Waals surface area (Å²) in [6.45, 7) is 5.55. The van der Waals surface area contributed by atoms with Crippen molar-refractivity contribution in [2.24, 2.45) is 5.73 Å². The van der Waals surface area contributed by atoms with Crippen molar-refractivity contribution in [1.82, 2.24) is 15.1 Å². The van der Waals surface area contributed by atoms with E-state index in [1.807, 2.05) is 11.8 Å². The minimum Gasteiger partial charge on any atom is -0.339 e. The van der Waals surface area contributed by atoms with Crippen LogP contribution in [0.15, 0.2) is 0 Å². The number of hydrogen-bond acceptors (Lipinski definition) is 3. The SMILES string of the molecule is CCNC(=O)N1CCN(C(=O)CCCN)CC1. The lowest BCUT2D eigenvalue weighted by Crippen LogP contribution is -2.53. The van der Waals surface area contributed by atoms with Gasteiger partial charge < -0.3 is 20.9 Å². The molecule has 0 spiro atoms. The number of carbonyl (C=O) groups is 2. The van der Waals surface area contributed by atoms with Crippen molar-refractivity contribution < 1.29 is 9.59 Å². The van der Waals surface area contributed by atoms with Crippen LogP contribution in [-0.2, 0) is 4.79 Å². The first-order valence-corrected chi connectivity index (χ1v) is 6.19. The van der Waals surface area contributed by atoms with Crippen LogP contribution in [0, 0.1) is 0 Å². The monoisotopic (exact) mass is 242 g/mol. The molecule has 1 aliphatic rings. The molecule has 17 heavy (non-hydrogen) atoms. The lowest BCUT2D eigenvalue weighted by Gasteiger charge is -2.34. The van der Waals surface area contributed by atoms with E-state index in [-0.39, 0.29) is 11.9 Å². The summed E-state index contributed by atoms with van der Waals surface area (Å²) in [5, 5.41) is 2.76. The van der Waals surface area contributed by atoms with Crippen molar-refractivity contribution >= 4 is 11.9 Å². The van der Waals surface area contributed by atoms with E-state index in [0.29, 0.717) is 45.7 Å². The van der Waals surface area contributed by atoms with Crippen LogP contribution in [0.25, 0.3) is 0 Å². The molecule has 6 nitrogen and oxygen atoms in total. The Balaban J connectivity index is 2.30. The Morgan fingerprint density at radius 2 is 1.76 bits per heavy atom. The fraction of sp³-hybridized carbons (Fsp3) is 0.818. The van der Waals surface area contributed by atoms with E-state index in [4.69, 9.17) is 5.73 Å². The Morgan fingerprint density at radius 1 is 1.18 bits per heavy atom. The van der Waals surface area contributed by atoms with Crippen LogP contribution in [0.3, 0.4) is 0 Å². The average molecular weight is 242 g/mol. The van der Waals surface area contributed by atoms with Crippen LogP contribution in [0.1, 0.15) is 19.8 Å². The molecular formula is C11H22N4O2. The van der Waals surface area contributed by atoms with Crippen molar-refractivity contribution in [2.75, 3.05) is 39.3 Å². The zero-order valence-corrected chi connectivity index (χ0v) is 10.4. The highest BCUT2D eigenvalue weighted by atomic mass is 16.2. The second-order valence-corrected chi connectivity index (χ2v) is 4.10. The molecule has 0 unspecified atom stereocenters. The second-order valence-electron chi connectivity index (χ2n) is 4.10. The fourth-order valence-electron chi connectivity index (χ4n) is 1.83. The molecule has 0 atom stereocenters. The number of hydrogen-bond donors (Lipinski definition) is 2. The third-order valence-electron chi connectivity index (χ3n) is 2.84.